The Morgan fingerprint density at radius 2 is 1.26 bits per heavy atom. The number of aliphatic carboxylic acids is 1. The van der Waals surface area contributed by atoms with Crippen molar-refractivity contribution in [2.24, 2.45) is 23.7 Å². The molecule has 0 aliphatic heterocycles. The molecule has 31 heavy (non-hydrogen) atoms. The lowest BCUT2D eigenvalue weighted by Gasteiger charge is -2.40. The van der Waals surface area contributed by atoms with Crippen LogP contribution in [0.4, 0.5) is 0 Å². The second kappa shape index (κ2) is 18.5. The number of carboxylic acids is 1. The van der Waals surface area contributed by atoms with Gasteiger partial charge in [0, 0.05) is 6.42 Å². The molecule has 0 aromatic rings. The van der Waals surface area contributed by atoms with Crippen LogP contribution in [0.25, 0.3) is 0 Å². The van der Waals surface area contributed by atoms with Gasteiger partial charge in [0.15, 0.2) is 0 Å². The van der Waals surface area contributed by atoms with Crippen molar-refractivity contribution in [3.63, 3.8) is 0 Å². The Morgan fingerprint density at radius 3 is 1.84 bits per heavy atom. The summed E-state index contributed by atoms with van der Waals surface area (Å²) in [7, 11) is 0. The molecule has 1 aliphatic carbocycles. The van der Waals surface area contributed by atoms with Crippen molar-refractivity contribution in [1.82, 2.24) is 0 Å². The van der Waals surface area contributed by atoms with Crippen LogP contribution >= 0.6 is 0 Å². The van der Waals surface area contributed by atoms with Gasteiger partial charge in [0.1, 0.15) is 0 Å². The topological polar surface area (TPSA) is 37.3 Å². The summed E-state index contributed by atoms with van der Waals surface area (Å²) in [5.41, 5.74) is 0. The van der Waals surface area contributed by atoms with E-state index in [0.29, 0.717) is 6.42 Å². The zero-order chi connectivity index (χ0) is 22.7. The van der Waals surface area contributed by atoms with Gasteiger partial charge in [0.25, 0.3) is 0 Å². The van der Waals surface area contributed by atoms with Gasteiger partial charge in [-0.25, -0.2) is 0 Å². The van der Waals surface area contributed by atoms with E-state index in [4.69, 9.17) is 5.11 Å². The van der Waals surface area contributed by atoms with E-state index in [9.17, 15) is 4.79 Å². The van der Waals surface area contributed by atoms with Crippen LogP contribution in [-0.4, -0.2) is 11.1 Å². The third-order valence-electron chi connectivity index (χ3n) is 7.36. The maximum absolute atomic E-state index is 10.6. The first-order chi connectivity index (χ1) is 15.1. The normalized spacial score (nSPS) is 23.6. The van der Waals surface area contributed by atoms with Crippen LogP contribution in [0, 0.1) is 23.7 Å². The number of hydrogen-bond acceptors (Lipinski definition) is 1. The molecule has 180 valence electrons. The van der Waals surface area contributed by atoms with Crippen LogP contribution in [0.15, 0.2) is 24.3 Å². The van der Waals surface area contributed by atoms with E-state index in [2.05, 4.69) is 45.1 Å². The van der Waals surface area contributed by atoms with E-state index in [1.54, 1.807) is 0 Å². The maximum atomic E-state index is 10.6. The van der Waals surface area contributed by atoms with Crippen molar-refractivity contribution >= 4 is 5.97 Å². The molecule has 0 amide bonds. The van der Waals surface area contributed by atoms with Crippen LogP contribution in [0.5, 0.6) is 0 Å². The third-order valence-corrected chi connectivity index (χ3v) is 7.36. The first-order valence-corrected chi connectivity index (χ1v) is 13.6. The van der Waals surface area contributed by atoms with Crippen molar-refractivity contribution in [1.29, 1.82) is 0 Å². The van der Waals surface area contributed by atoms with Gasteiger partial charge in [0.2, 0.25) is 0 Å². The molecular weight excluding hydrogens is 380 g/mol. The van der Waals surface area contributed by atoms with Crippen LogP contribution < -0.4 is 0 Å². The Morgan fingerprint density at radius 1 is 0.742 bits per heavy atom. The van der Waals surface area contributed by atoms with Crippen molar-refractivity contribution in [3.8, 4) is 0 Å². The Bertz CT molecular complexity index is 493. The fourth-order valence-corrected chi connectivity index (χ4v) is 5.52. The van der Waals surface area contributed by atoms with E-state index in [0.717, 1.165) is 36.5 Å². The molecule has 2 heteroatoms. The minimum Gasteiger partial charge on any atom is -0.481 e. The standard InChI is InChI=1S/C29H52O2/c1-4-7-14-18-25-23-24-26(19-16-12-10-11-13-17-22-29(30)31)27(20-9-6-3)28(25)21-15-8-5-2/h6,9,23-28H,4-5,7-8,10-22H2,1-3H3,(H,30,31). The van der Waals surface area contributed by atoms with Gasteiger partial charge in [0.05, 0.1) is 0 Å². The first-order valence-electron chi connectivity index (χ1n) is 13.6. The van der Waals surface area contributed by atoms with Gasteiger partial charge in [-0.15, -0.1) is 0 Å². The molecule has 0 aromatic heterocycles. The lowest BCUT2D eigenvalue weighted by atomic mass is 9.65. The van der Waals surface area contributed by atoms with E-state index < -0.39 is 5.97 Å². The highest BCUT2D eigenvalue weighted by Gasteiger charge is 2.34. The highest BCUT2D eigenvalue weighted by molar-refractivity contribution is 5.66. The van der Waals surface area contributed by atoms with Gasteiger partial charge in [-0.1, -0.05) is 109 Å². The van der Waals surface area contributed by atoms with E-state index in [1.807, 2.05) is 0 Å². The lowest BCUT2D eigenvalue weighted by Crippen LogP contribution is -2.31. The quantitative estimate of drug-likeness (QED) is 0.163. The zero-order valence-corrected chi connectivity index (χ0v) is 21.0. The zero-order valence-electron chi connectivity index (χ0n) is 21.0. The molecule has 0 aromatic carbocycles. The monoisotopic (exact) mass is 432 g/mol. The Kier molecular flexibility index (Phi) is 16.7. The van der Waals surface area contributed by atoms with Crippen LogP contribution in [0.3, 0.4) is 0 Å². The smallest absolute Gasteiger partial charge is 0.303 e. The van der Waals surface area contributed by atoms with Gasteiger partial charge < -0.3 is 5.11 Å². The molecule has 0 saturated carbocycles. The van der Waals surface area contributed by atoms with Crippen molar-refractivity contribution in [2.75, 3.05) is 0 Å². The number of unbranched alkanes of at least 4 members (excludes halogenated alkanes) is 9. The van der Waals surface area contributed by atoms with Gasteiger partial charge in [-0.3, -0.25) is 4.79 Å². The average molecular weight is 433 g/mol. The molecule has 1 N–H and O–H groups in total. The number of hydrogen-bond donors (Lipinski definition) is 1. The Balaban J connectivity index is 2.59. The highest BCUT2D eigenvalue weighted by Crippen LogP contribution is 2.43. The predicted octanol–water partition coefficient (Wildman–Crippen LogP) is 9.35. The lowest BCUT2D eigenvalue weighted by molar-refractivity contribution is -0.137. The molecule has 1 rings (SSSR count). The highest BCUT2D eigenvalue weighted by atomic mass is 16.4. The SMILES string of the molecule is CC=CCC1C(CCCCCCCCC(=O)O)C=CC(CCCCC)C1CCCCC. The average Bonchev–Trinajstić information content (AvgIpc) is 2.75. The minimum atomic E-state index is -0.655. The summed E-state index contributed by atoms with van der Waals surface area (Å²) in [5.74, 6) is 2.57. The Labute approximate surface area is 194 Å². The molecule has 0 saturated heterocycles. The van der Waals surface area contributed by atoms with Crippen molar-refractivity contribution in [2.45, 2.75) is 130 Å². The third kappa shape index (κ3) is 12.5. The molecule has 4 unspecified atom stereocenters. The second-order valence-corrected chi connectivity index (χ2v) is 9.89. The maximum Gasteiger partial charge on any atom is 0.303 e. The van der Waals surface area contributed by atoms with E-state index >= 15 is 0 Å². The molecule has 0 fully saturated rings. The van der Waals surface area contributed by atoms with Gasteiger partial charge in [-0.05, 0) is 62.7 Å². The number of allylic oxidation sites excluding steroid dienone is 4. The summed E-state index contributed by atoms with van der Waals surface area (Å²) >= 11 is 0. The molecule has 2 nitrogen and oxygen atoms in total. The fourth-order valence-electron chi connectivity index (χ4n) is 5.52. The van der Waals surface area contributed by atoms with Crippen LogP contribution in [-0.2, 0) is 4.79 Å². The molecule has 0 spiro atoms. The summed E-state index contributed by atoms with van der Waals surface area (Å²) in [6.45, 7) is 6.80. The van der Waals surface area contributed by atoms with Crippen molar-refractivity contribution < 1.29 is 9.90 Å². The summed E-state index contributed by atoms with van der Waals surface area (Å²) in [5, 5.41) is 8.74. The van der Waals surface area contributed by atoms with Gasteiger partial charge in [-0.2, -0.15) is 0 Å². The summed E-state index contributed by atoms with van der Waals surface area (Å²) in [6, 6.07) is 0. The van der Waals surface area contributed by atoms with E-state index in [-0.39, 0.29) is 0 Å². The molecule has 4 atom stereocenters. The first kappa shape index (κ1) is 28.0. The predicted molar refractivity (Wildman–Crippen MR) is 135 cm³/mol. The second-order valence-electron chi connectivity index (χ2n) is 9.89. The number of rotatable bonds is 19. The van der Waals surface area contributed by atoms with Crippen LogP contribution in [0.2, 0.25) is 0 Å². The van der Waals surface area contributed by atoms with E-state index in [1.165, 1.54) is 89.9 Å². The number of carboxylic acid groups (broad SMARTS) is 1. The summed E-state index contributed by atoms with van der Waals surface area (Å²) in [4.78, 5) is 10.6. The number of carbonyl (C=O) groups is 1. The molecule has 0 heterocycles. The fraction of sp³-hybridized carbons (Fsp3) is 0.828. The molecular formula is C29H52O2. The summed E-state index contributed by atoms with van der Waals surface area (Å²) < 4.78 is 0. The molecule has 0 bridgehead atoms. The van der Waals surface area contributed by atoms with Crippen LogP contribution in [0.1, 0.15) is 130 Å². The minimum absolute atomic E-state index is 0.332. The molecule has 0 radical (unpaired) electrons. The summed E-state index contributed by atoms with van der Waals surface area (Å²) in [6.07, 6.45) is 30.8. The largest absolute Gasteiger partial charge is 0.481 e. The van der Waals surface area contributed by atoms with Gasteiger partial charge >= 0.3 is 5.97 Å². The van der Waals surface area contributed by atoms with Crippen molar-refractivity contribution in [3.05, 3.63) is 24.3 Å². The molecule has 1 aliphatic rings. The Hall–Kier alpha value is -1.05.